The summed E-state index contributed by atoms with van der Waals surface area (Å²) in [6.07, 6.45) is 0. The fourth-order valence-electron chi connectivity index (χ4n) is 1.68. The fraction of sp³-hybridized carbons (Fsp3) is 0.188. The van der Waals surface area contributed by atoms with Crippen molar-refractivity contribution in [2.24, 2.45) is 0 Å². The van der Waals surface area contributed by atoms with Crippen molar-refractivity contribution in [1.29, 1.82) is 0 Å². The molecule has 0 saturated heterocycles. The third-order valence-corrected chi connectivity index (χ3v) is 2.64. The molecular weight excluding hydrogens is 256 g/mol. The van der Waals surface area contributed by atoms with E-state index in [-0.39, 0.29) is 19.8 Å². The third kappa shape index (κ3) is 4.10. The van der Waals surface area contributed by atoms with Gasteiger partial charge in [0.05, 0.1) is 12.2 Å². The van der Waals surface area contributed by atoms with Crippen LogP contribution in [-0.4, -0.2) is 24.3 Å². The van der Waals surface area contributed by atoms with Crippen LogP contribution < -0.4 is 4.74 Å². The van der Waals surface area contributed by atoms with Gasteiger partial charge < -0.3 is 14.6 Å². The highest BCUT2D eigenvalue weighted by Gasteiger charge is 2.08. The summed E-state index contributed by atoms with van der Waals surface area (Å²) < 4.78 is 10.5. The van der Waals surface area contributed by atoms with Crippen LogP contribution in [0, 0.1) is 0 Å². The van der Waals surface area contributed by atoms with Crippen molar-refractivity contribution >= 4 is 5.97 Å². The van der Waals surface area contributed by atoms with Gasteiger partial charge in [-0.1, -0.05) is 36.4 Å². The molecule has 0 amide bonds. The number of hydrogen-bond donors (Lipinski definition) is 1. The summed E-state index contributed by atoms with van der Waals surface area (Å²) in [5.74, 6) is 0.136. The second-order valence-corrected chi connectivity index (χ2v) is 4.16. The van der Waals surface area contributed by atoms with Gasteiger partial charge in [-0.15, -0.1) is 0 Å². The van der Waals surface area contributed by atoms with E-state index in [1.807, 2.05) is 30.3 Å². The maximum Gasteiger partial charge on any atom is 0.338 e. The number of esters is 1. The molecule has 0 aliphatic heterocycles. The molecule has 0 saturated carbocycles. The van der Waals surface area contributed by atoms with Gasteiger partial charge in [0.2, 0.25) is 0 Å². The van der Waals surface area contributed by atoms with Gasteiger partial charge in [-0.25, -0.2) is 4.79 Å². The van der Waals surface area contributed by atoms with Crippen molar-refractivity contribution in [1.82, 2.24) is 0 Å². The van der Waals surface area contributed by atoms with E-state index in [1.54, 1.807) is 24.3 Å². The van der Waals surface area contributed by atoms with Gasteiger partial charge in [-0.05, 0) is 23.8 Å². The predicted octanol–water partition coefficient (Wildman–Crippen LogP) is 2.41. The summed E-state index contributed by atoms with van der Waals surface area (Å²) in [5, 5.41) is 8.70. The van der Waals surface area contributed by atoms with Gasteiger partial charge in [-0.3, -0.25) is 0 Å². The lowest BCUT2D eigenvalue weighted by Crippen LogP contribution is -2.06. The summed E-state index contributed by atoms with van der Waals surface area (Å²) in [4.78, 5) is 11.9. The highest BCUT2D eigenvalue weighted by molar-refractivity contribution is 5.89. The minimum Gasteiger partial charge on any atom is -0.491 e. The van der Waals surface area contributed by atoms with Crippen LogP contribution in [0.3, 0.4) is 0 Å². The van der Waals surface area contributed by atoms with E-state index in [9.17, 15) is 4.79 Å². The second-order valence-electron chi connectivity index (χ2n) is 4.16. The first kappa shape index (κ1) is 14.1. The standard InChI is InChI=1S/C16H16O4/c17-9-10-19-15-8-4-7-14(11-15)16(18)20-12-13-5-2-1-3-6-13/h1-8,11,17H,9-10,12H2. The van der Waals surface area contributed by atoms with E-state index >= 15 is 0 Å². The van der Waals surface area contributed by atoms with Crippen LogP contribution in [0.5, 0.6) is 5.75 Å². The van der Waals surface area contributed by atoms with Crippen molar-refractivity contribution in [2.45, 2.75) is 6.61 Å². The fourth-order valence-corrected chi connectivity index (χ4v) is 1.68. The third-order valence-electron chi connectivity index (χ3n) is 2.64. The van der Waals surface area contributed by atoms with Crippen molar-refractivity contribution < 1.29 is 19.4 Å². The number of hydrogen-bond acceptors (Lipinski definition) is 4. The molecule has 0 fully saturated rings. The maximum absolute atomic E-state index is 11.9. The molecule has 0 aliphatic rings. The first-order valence-electron chi connectivity index (χ1n) is 6.34. The van der Waals surface area contributed by atoms with Crippen molar-refractivity contribution in [3.8, 4) is 5.75 Å². The number of rotatable bonds is 6. The number of aliphatic hydroxyl groups is 1. The van der Waals surface area contributed by atoms with Crippen LogP contribution in [0.25, 0.3) is 0 Å². The molecule has 4 heteroatoms. The van der Waals surface area contributed by atoms with E-state index in [2.05, 4.69) is 0 Å². The highest BCUT2D eigenvalue weighted by atomic mass is 16.5. The second kappa shape index (κ2) is 7.31. The van der Waals surface area contributed by atoms with Crippen molar-refractivity contribution in [2.75, 3.05) is 13.2 Å². The first-order chi connectivity index (χ1) is 9.79. The van der Waals surface area contributed by atoms with E-state index in [4.69, 9.17) is 14.6 Å². The summed E-state index contributed by atoms with van der Waals surface area (Å²) >= 11 is 0. The zero-order valence-electron chi connectivity index (χ0n) is 11.0. The molecule has 104 valence electrons. The Balaban J connectivity index is 1.95. The lowest BCUT2D eigenvalue weighted by molar-refractivity contribution is 0.0472. The smallest absolute Gasteiger partial charge is 0.338 e. The van der Waals surface area contributed by atoms with Crippen LogP contribution in [0.2, 0.25) is 0 Å². The lowest BCUT2D eigenvalue weighted by atomic mass is 10.2. The van der Waals surface area contributed by atoms with Gasteiger partial charge in [0, 0.05) is 0 Å². The van der Waals surface area contributed by atoms with Gasteiger partial charge in [0.25, 0.3) is 0 Å². The highest BCUT2D eigenvalue weighted by Crippen LogP contribution is 2.14. The topological polar surface area (TPSA) is 55.8 Å². The van der Waals surface area contributed by atoms with Gasteiger partial charge >= 0.3 is 5.97 Å². The molecule has 2 rings (SSSR count). The molecule has 20 heavy (non-hydrogen) atoms. The Morgan fingerprint density at radius 2 is 1.85 bits per heavy atom. The molecule has 0 aliphatic carbocycles. The number of ether oxygens (including phenoxy) is 2. The molecule has 0 unspecified atom stereocenters. The van der Waals surface area contributed by atoms with E-state index in [0.717, 1.165) is 5.56 Å². The Kier molecular flexibility index (Phi) is 5.15. The Hall–Kier alpha value is -2.33. The SMILES string of the molecule is O=C(OCc1ccccc1)c1cccc(OCCO)c1. The Bertz CT molecular complexity index is 551. The largest absolute Gasteiger partial charge is 0.491 e. The van der Waals surface area contributed by atoms with Gasteiger partial charge in [-0.2, -0.15) is 0 Å². The summed E-state index contributed by atoms with van der Waals surface area (Å²) in [7, 11) is 0. The zero-order chi connectivity index (χ0) is 14.2. The molecule has 0 spiro atoms. The van der Waals surface area contributed by atoms with Crippen LogP contribution >= 0.6 is 0 Å². The van der Waals surface area contributed by atoms with Crippen molar-refractivity contribution in [3.63, 3.8) is 0 Å². The first-order valence-corrected chi connectivity index (χ1v) is 6.34. The molecule has 2 aromatic rings. The van der Waals surface area contributed by atoms with Crippen LogP contribution in [0.15, 0.2) is 54.6 Å². The number of benzene rings is 2. The molecule has 4 nitrogen and oxygen atoms in total. The maximum atomic E-state index is 11.9. The van der Waals surface area contributed by atoms with Crippen LogP contribution in [0.1, 0.15) is 15.9 Å². The average Bonchev–Trinajstić information content (AvgIpc) is 2.52. The Morgan fingerprint density at radius 3 is 2.60 bits per heavy atom. The van der Waals surface area contributed by atoms with Gasteiger partial charge in [0.1, 0.15) is 19.0 Å². The van der Waals surface area contributed by atoms with Crippen molar-refractivity contribution in [3.05, 3.63) is 65.7 Å². The Morgan fingerprint density at radius 1 is 1.05 bits per heavy atom. The summed E-state index contributed by atoms with van der Waals surface area (Å²) in [5.41, 5.74) is 1.37. The van der Waals surface area contributed by atoms with Crippen LogP contribution in [-0.2, 0) is 11.3 Å². The lowest BCUT2D eigenvalue weighted by Gasteiger charge is -2.07. The molecule has 2 aromatic carbocycles. The minimum absolute atomic E-state index is 0.0668. The molecule has 0 aromatic heterocycles. The Labute approximate surface area is 117 Å². The molecule has 0 radical (unpaired) electrons. The normalized spacial score (nSPS) is 10.1. The zero-order valence-corrected chi connectivity index (χ0v) is 11.0. The van der Waals surface area contributed by atoms with Gasteiger partial charge in [0.15, 0.2) is 0 Å². The quantitative estimate of drug-likeness (QED) is 0.820. The summed E-state index contributed by atoms with van der Waals surface area (Å²) in [6, 6.07) is 16.2. The molecule has 0 heterocycles. The number of carbonyl (C=O) groups excluding carboxylic acids is 1. The minimum atomic E-state index is -0.400. The summed E-state index contributed by atoms with van der Waals surface area (Å²) in [6.45, 7) is 0.368. The molecular formula is C16H16O4. The average molecular weight is 272 g/mol. The van der Waals surface area contributed by atoms with Crippen LogP contribution in [0.4, 0.5) is 0 Å². The molecule has 0 bridgehead atoms. The number of carbonyl (C=O) groups is 1. The predicted molar refractivity (Wildman–Crippen MR) is 74.6 cm³/mol. The number of aliphatic hydroxyl groups excluding tert-OH is 1. The van der Waals surface area contributed by atoms with E-state index in [1.165, 1.54) is 0 Å². The van der Waals surface area contributed by atoms with E-state index in [0.29, 0.717) is 11.3 Å². The monoisotopic (exact) mass is 272 g/mol. The molecule has 0 atom stereocenters. The van der Waals surface area contributed by atoms with E-state index < -0.39 is 5.97 Å². The molecule has 1 N–H and O–H groups in total.